The van der Waals surface area contributed by atoms with Gasteiger partial charge in [-0.25, -0.2) is 9.18 Å². The first kappa shape index (κ1) is 18.3. The van der Waals surface area contributed by atoms with Gasteiger partial charge in [0.15, 0.2) is 0 Å². The SMILES string of the molecule is CCOC(=O)c1ccc(-c2cc(Cc3cc(F)cc(Br)c3)[nH]n2)cc1C. The van der Waals surface area contributed by atoms with E-state index >= 15 is 0 Å². The Hall–Kier alpha value is -2.47. The number of aromatic nitrogens is 2. The zero-order valence-corrected chi connectivity index (χ0v) is 16.1. The molecule has 26 heavy (non-hydrogen) atoms. The lowest BCUT2D eigenvalue weighted by molar-refractivity contribution is 0.0525. The van der Waals surface area contributed by atoms with Crippen molar-refractivity contribution >= 4 is 21.9 Å². The maximum Gasteiger partial charge on any atom is 0.338 e. The van der Waals surface area contributed by atoms with E-state index in [1.165, 1.54) is 12.1 Å². The van der Waals surface area contributed by atoms with Gasteiger partial charge in [-0.05, 0) is 61.4 Å². The molecule has 4 nitrogen and oxygen atoms in total. The number of H-pyrrole nitrogens is 1. The molecule has 0 unspecified atom stereocenters. The molecule has 0 aliphatic heterocycles. The molecule has 0 fully saturated rings. The van der Waals surface area contributed by atoms with Crippen LogP contribution in [0.1, 0.15) is 34.1 Å². The van der Waals surface area contributed by atoms with Gasteiger partial charge in [0, 0.05) is 22.2 Å². The summed E-state index contributed by atoms with van der Waals surface area (Å²) in [6.07, 6.45) is 0.545. The lowest BCUT2D eigenvalue weighted by Gasteiger charge is -2.06. The van der Waals surface area contributed by atoms with Crippen molar-refractivity contribution in [3.8, 4) is 11.3 Å². The second-order valence-corrected chi connectivity index (χ2v) is 6.90. The smallest absolute Gasteiger partial charge is 0.338 e. The number of aryl methyl sites for hydroxylation is 1. The Kier molecular flexibility index (Phi) is 5.52. The van der Waals surface area contributed by atoms with Gasteiger partial charge in [0.1, 0.15) is 5.82 Å². The number of hydrogen-bond acceptors (Lipinski definition) is 3. The number of nitrogens with one attached hydrogen (secondary N) is 1. The Balaban J connectivity index is 1.81. The van der Waals surface area contributed by atoms with Crippen LogP contribution in [0.4, 0.5) is 4.39 Å². The van der Waals surface area contributed by atoms with Crippen LogP contribution in [0.15, 0.2) is 46.9 Å². The van der Waals surface area contributed by atoms with E-state index in [0.29, 0.717) is 23.1 Å². The van der Waals surface area contributed by atoms with Crippen LogP contribution in [0, 0.1) is 12.7 Å². The number of aromatic amines is 1. The van der Waals surface area contributed by atoms with Crippen LogP contribution in [-0.2, 0) is 11.2 Å². The van der Waals surface area contributed by atoms with Crippen molar-refractivity contribution in [1.29, 1.82) is 0 Å². The first-order valence-electron chi connectivity index (χ1n) is 8.23. The van der Waals surface area contributed by atoms with Crippen LogP contribution in [0.2, 0.25) is 0 Å². The zero-order chi connectivity index (χ0) is 18.7. The summed E-state index contributed by atoms with van der Waals surface area (Å²) < 4.78 is 19.3. The fourth-order valence-corrected chi connectivity index (χ4v) is 3.31. The average Bonchev–Trinajstić information content (AvgIpc) is 3.02. The minimum atomic E-state index is -0.323. The minimum Gasteiger partial charge on any atom is -0.462 e. The Bertz CT molecular complexity index is 932. The van der Waals surface area contributed by atoms with Crippen LogP contribution in [0.3, 0.4) is 0 Å². The molecule has 0 saturated heterocycles. The van der Waals surface area contributed by atoms with Crippen LogP contribution < -0.4 is 0 Å². The molecule has 0 radical (unpaired) electrons. The van der Waals surface area contributed by atoms with Gasteiger partial charge in [0.25, 0.3) is 0 Å². The summed E-state index contributed by atoms with van der Waals surface area (Å²) in [5, 5.41) is 7.32. The van der Waals surface area contributed by atoms with E-state index in [1.807, 2.05) is 31.2 Å². The van der Waals surface area contributed by atoms with Gasteiger partial charge >= 0.3 is 5.97 Å². The molecule has 0 saturated carbocycles. The summed E-state index contributed by atoms with van der Waals surface area (Å²) in [6.45, 7) is 4.00. The van der Waals surface area contributed by atoms with E-state index in [4.69, 9.17) is 4.74 Å². The number of halogens is 2. The number of ether oxygens (including phenoxy) is 1. The van der Waals surface area contributed by atoms with Gasteiger partial charge in [0.2, 0.25) is 0 Å². The first-order chi connectivity index (χ1) is 12.5. The van der Waals surface area contributed by atoms with E-state index in [9.17, 15) is 9.18 Å². The molecule has 2 aromatic carbocycles. The molecular formula is C20H18BrFN2O2. The molecule has 0 amide bonds. The van der Waals surface area contributed by atoms with Gasteiger partial charge < -0.3 is 4.74 Å². The Morgan fingerprint density at radius 2 is 2.04 bits per heavy atom. The van der Waals surface area contributed by atoms with Crippen molar-refractivity contribution < 1.29 is 13.9 Å². The number of nitrogens with zero attached hydrogens (tertiary/aromatic N) is 1. The van der Waals surface area contributed by atoms with Crippen molar-refractivity contribution in [2.75, 3.05) is 6.61 Å². The fraction of sp³-hybridized carbons (Fsp3) is 0.200. The number of carbonyl (C=O) groups excluding carboxylic acids is 1. The van der Waals surface area contributed by atoms with E-state index in [-0.39, 0.29) is 11.8 Å². The van der Waals surface area contributed by atoms with Gasteiger partial charge in [-0.3, -0.25) is 5.10 Å². The standard InChI is InChI=1S/C20H18BrFN2O2/c1-3-26-20(25)18-5-4-14(6-12(18)2)19-11-17(23-24-19)9-13-7-15(21)10-16(22)8-13/h4-8,10-11H,3,9H2,1-2H3,(H,23,24). The predicted molar refractivity (Wildman–Crippen MR) is 102 cm³/mol. The summed E-state index contributed by atoms with van der Waals surface area (Å²) in [4.78, 5) is 11.9. The Morgan fingerprint density at radius 1 is 1.23 bits per heavy atom. The molecule has 0 aliphatic carbocycles. The van der Waals surface area contributed by atoms with E-state index in [1.54, 1.807) is 13.0 Å². The fourth-order valence-electron chi connectivity index (χ4n) is 2.79. The highest BCUT2D eigenvalue weighted by Gasteiger charge is 2.12. The highest BCUT2D eigenvalue weighted by atomic mass is 79.9. The van der Waals surface area contributed by atoms with Crippen molar-refractivity contribution in [3.05, 3.63) is 75.1 Å². The molecule has 0 aliphatic rings. The van der Waals surface area contributed by atoms with Crippen LogP contribution in [0.25, 0.3) is 11.3 Å². The molecule has 1 aromatic heterocycles. The normalized spacial score (nSPS) is 10.8. The van der Waals surface area contributed by atoms with Crippen LogP contribution in [-0.4, -0.2) is 22.8 Å². The highest BCUT2D eigenvalue weighted by Crippen LogP contribution is 2.23. The molecular weight excluding hydrogens is 399 g/mol. The number of hydrogen-bond donors (Lipinski definition) is 1. The molecule has 134 valence electrons. The molecule has 3 aromatic rings. The first-order valence-corrected chi connectivity index (χ1v) is 9.03. The van der Waals surface area contributed by atoms with Crippen molar-refractivity contribution in [2.24, 2.45) is 0 Å². The van der Waals surface area contributed by atoms with Crippen molar-refractivity contribution in [1.82, 2.24) is 10.2 Å². The lowest BCUT2D eigenvalue weighted by Crippen LogP contribution is -2.06. The summed E-state index contributed by atoms with van der Waals surface area (Å²) in [6, 6.07) is 12.2. The third-order valence-electron chi connectivity index (χ3n) is 3.97. The minimum absolute atomic E-state index is 0.278. The monoisotopic (exact) mass is 416 g/mol. The second-order valence-electron chi connectivity index (χ2n) is 5.98. The third-order valence-corrected chi connectivity index (χ3v) is 4.42. The largest absolute Gasteiger partial charge is 0.462 e. The molecule has 1 N–H and O–H groups in total. The van der Waals surface area contributed by atoms with Gasteiger partial charge in [-0.2, -0.15) is 5.10 Å². The van der Waals surface area contributed by atoms with E-state index in [2.05, 4.69) is 26.1 Å². The molecule has 0 atom stereocenters. The lowest BCUT2D eigenvalue weighted by atomic mass is 10.0. The van der Waals surface area contributed by atoms with Crippen molar-refractivity contribution in [2.45, 2.75) is 20.3 Å². The van der Waals surface area contributed by atoms with Crippen LogP contribution >= 0.6 is 15.9 Å². The molecule has 6 heteroatoms. The van der Waals surface area contributed by atoms with E-state index < -0.39 is 0 Å². The average molecular weight is 417 g/mol. The summed E-state index contributed by atoms with van der Waals surface area (Å²) in [5.41, 5.74) is 4.79. The zero-order valence-electron chi connectivity index (χ0n) is 14.5. The molecule has 3 rings (SSSR count). The Labute approximate surface area is 159 Å². The van der Waals surface area contributed by atoms with E-state index in [0.717, 1.165) is 28.1 Å². The molecule has 1 heterocycles. The number of rotatable bonds is 5. The predicted octanol–water partition coefficient (Wildman–Crippen LogP) is 5.05. The summed E-state index contributed by atoms with van der Waals surface area (Å²) >= 11 is 3.30. The van der Waals surface area contributed by atoms with Crippen LogP contribution in [0.5, 0.6) is 0 Å². The summed E-state index contributed by atoms with van der Waals surface area (Å²) in [7, 11) is 0. The maximum atomic E-state index is 13.5. The number of benzene rings is 2. The summed E-state index contributed by atoms with van der Waals surface area (Å²) in [5.74, 6) is -0.602. The van der Waals surface area contributed by atoms with Gasteiger partial charge in [-0.15, -0.1) is 0 Å². The maximum absolute atomic E-state index is 13.5. The quantitative estimate of drug-likeness (QED) is 0.591. The highest BCUT2D eigenvalue weighted by molar-refractivity contribution is 9.10. The molecule has 0 spiro atoms. The Morgan fingerprint density at radius 3 is 2.73 bits per heavy atom. The van der Waals surface area contributed by atoms with Gasteiger partial charge in [-0.1, -0.05) is 22.0 Å². The molecule has 0 bridgehead atoms. The number of esters is 1. The number of carbonyl (C=O) groups is 1. The van der Waals surface area contributed by atoms with Crippen molar-refractivity contribution in [3.63, 3.8) is 0 Å². The third kappa shape index (κ3) is 4.19. The van der Waals surface area contributed by atoms with Gasteiger partial charge in [0.05, 0.1) is 17.9 Å². The second kappa shape index (κ2) is 7.83. The topological polar surface area (TPSA) is 55.0 Å².